The van der Waals surface area contributed by atoms with Crippen LogP contribution in [-0.2, 0) is 5.88 Å². The number of hydrogen-bond donors (Lipinski definition) is 0. The van der Waals surface area contributed by atoms with Gasteiger partial charge in [-0.15, -0.1) is 22.9 Å². The third-order valence-corrected chi connectivity index (χ3v) is 3.95. The molecule has 0 aromatic carbocycles. The molecule has 1 fully saturated rings. The summed E-state index contributed by atoms with van der Waals surface area (Å²) >= 11 is 7.44. The van der Waals surface area contributed by atoms with Crippen LogP contribution in [0.1, 0.15) is 25.5 Å². The van der Waals surface area contributed by atoms with E-state index in [0.29, 0.717) is 5.88 Å². The molecule has 1 saturated heterocycles. The summed E-state index contributed by atoms with van der Waals surface area (Å²) in [5, 5.41) is 3.20. The van der Waals surface area contributed by atoms with E-state index in [0.717, 1.165) is 29.8 Å². The van der Waals surface area contributed by atoms with Gasteiger partial charge in [0.2, 0.25) is 0 Å². The summed E-state index contributed by atoms with van der Waals surface area (Å²) in [5.41, 5.74) is 1.00. The number of halogens is 1. The van der Waals surface area contributed by atoms with Gasteiger partial charge >= 0.3 is 0 Å². The van der Waals surface area contributed by atoms with Crippen molar-refractivity contribution < 1.29 is 0 Å². The number of piperidine rings is 1. The van der Waals surface area contributed by atoms with Crippen molar-refractivity contribution in [3.05, 3.63) is 11.1 Å². The maximum absolute atomic E-state index is 5.73. The molecule has 78 valence electrons. The van der Waals surface area contributed by atoms with Gasteiger partial charge in [-0.1, -0.05) is 6.92 Å². The molecule has 2 heterocycles. The van der Waals surface area contributed by atoms with E-state index in [-0.39, 0.29) is 0 Å². The number of hydrogen-bond acceptors (Lipinski definition) is 3. The Bertz CT molecular complexity index is 292. The van der Waals surface area contributed by atoms with Gasteiger partial charge in [0.25, 0.3) is 0 Å². The van der Waals surface area contributed by atoms with Crippen molar-refractivity contribution in [2.75, 3.05) is 18.0 Å². The Kier molecular flexibility index (Phi) is 3.29. The highest BCUT2D eigenvalue weighted by atomic mass is 35.5. The van der Waals surface area contributed by atoms with Gasteiger partial charge in [0, 0.05) is 18.5 Å². The SMILES string of the molecule is CC1CCN(c2nc(CCl)cs2)CC1. The monoisotopic (exact) mass is 230 g/mol. The Balaban J connectivity index is 2.01. The van der Waals surface area contributed by atoms with Crippen LogP contribution in [0.5, 0.6) is 0 Å². The first-order valence-corrected chi connectivity index (χ1v) is 6.46. The molecule has 0 atom stereocenters. The van der Waals surface area contributed by atoms with Crippen LogP contribution in [0.4, 0.5) is 5.13 Å². The largest absolute Gasteiger partial charge is 0.348 e. The molecule has 0 unspecified atom stereocenters. The van der Waals surface area contributed by atoms with E-state index in [1.54, 1.807) is 11.3 Å². The first kappa shape index (κ1) is 10.2. The average Bonchev–Trinajstić information content (AvgIpc) is 2.67. The zero-order chi connectivity index (χ0) is 9.97. The molecule has 0 bridgehead atoms. The summed E-state index contributed by atoms with van der Waals surface area (Å²) in [5.74, 6) is 1.40. The fourth-order valence-corrected chi connectivity index (χ4v) is 2.81. The van der Waals surface area contributed by atoms with Gasteiger partial charge in [0.05, 0.1) is 11.6 Å². The summed E-state index contributed by atoms with van der Waals surface area (Å²) in [6.45, 7) is 4.62. The molecule has 0 N–H and O–H groups in total. The van der Waals surface area contributed by atoms with Crippen molar-refractivity contribution in [2.24, 2.45) is 5.92 Å². The summed E-state index contributed by atoms with van der Waals surface area (Å²) < 4.78 is 0. The molecular formula is C10H15ClN2S. The van der Waals surface area contributed by atoms with E-state index in [2.05, 4.69) is 22.2 Å². The van der Waals surface area contributed by atoms with Gasteiger partial charge in [-0.05, 0) is 18.8 Å². The van der Waals surface area contributed by atoms with Crippen LogP contribution in [0.25, 0.3) is 0 Å². The van der Waals surface area contributed by atoms with Crippen molar-refractivity contribution in [3.63, 3.8) is 0 Å². The van der Waals surface area contributed by atoms with Crippen molar-refractivity contribution in [3.8, 4) is 0 Å². The normalized spacial score (nSPS) is 18.9. The van der Waals surface area contributed by atoms with Gasteiger partial charge in [-0.2, -0.15) is 0 Å². The lowest BCUT2D eigenvalue weighted by atomic mass is 10.00. The molecule has 0 saturated carbocycles. The molecule has 0 spiro atoms. The minimum atomic E-state index is 0.529. The fraction of sp³-hybridized carbons (Fsp3) is 0.700. The number of alkyl halides is 1. The topological polar surface area (TPSA) is 16.1 Å². The van der Waals surface area contributed by atoms with Crippen molar-refractivity contribution >= 4 is 28.1 Å². The second kappa shape index (κ2) is 4.49. The van der Waals surface area contributed by atoms with Crippen LogP contribution in [0.15, 0.2) is 5.38 Å². The van der Waals surface area contributed by atoms with Crippen LogP contribution >= 0.6 is 22.9 Å². The molecule has 1 aliphatic heterocycles. The van der Waals surface area contributed by atoms with E-state index >= 15 is 0 Å². The lowest BCUT2D eigenvalue weighted by molar-refractivity contribution is 0.438. The van der Waals surface area contributed by atoms with Crippen LogP contribution in [0.3, 0.4) is 0 Å². The van der Waals surface area contributed by atoms with E-state index < -0.39 is 0 Å². The fourth-order valence-electron chi connectivity index (χ4n) is 1.70. The third kappa shape index (κ3) is 2.20. The van der Waals surface area contributed by atoms with Crippen molar-refractivity contribution in [1.82, 2.24) is 4.98 Å². The summed E-state index contributed by atoms with van der Waals surface area (Å²) in [4.78, 5) is 6.87. The minimum absolute atomic E-state index is 0.529. The Morgan fingerprint density at radius 1 is 1.57 bits per heavy atom. The number of thiazole rings is 1. The molecule has 0 radical (unpaired) electrons. The molecule has 0 aliphatic carbocycles. The molecule has 0 amide bonds. The Morgan fingerprint density at radius 2 is 2.29 bits per heavy atom. The zero-order valence-electron chi connectivity index (χ0n) is 8.37. The van der Waals surface area contributed by atoms with Crippen LogP contribution in [0.2, 0.25) is 0 Å². The molecular weight excluding hydrogens is 216 g/mol. The molecule has 1 aromatic heterocycles. The van der Waals surface area contributed by atoms with Gasteiger partial charge in [0.15, 0.2) is 5.13 Å². The minimum Gasteiger partial charge on any atom is -0.348 e. The van der Waals surface area contributed by atoms with E-state index in [1.165, 1.54) is 12.8 Å². The first-order chi connectivity index (χ1) is 6.79. The van der Waals surface area contributed by atoms with Gasteiger partial charge < -0.3 is 4.90 Å². The molecule has 1 aliphatic rings. The van der Waals surface area contributed by atoms with Gasteiger partial charge in [-0.3, -0.25) is 0 Å². The Labute approximate surface area is 93.9 Å². The molecule has 4 heteroatoms. The van der Waals surface area contributed by atoms with E-state index in [4.69, 9.17) is 11.6 Å². The standard InChI is InChI=1S/C10H15ClN2S/c1-8-2-4-13(5-3-8)10-12-9(6-11)7-14-10/h7-8H,2-6H2,1H3. The van der Waals surface area contributed by atoms with Crippen molar-refractivity contribution in [2.45, 2.75) is 25.6 Å². The van der Waals surface area contributed by atoms with Gasteiger partial charge in [-0.25, -0.2) is 4.98 Å². The number of nitrogens with zero attached hydrogens (tertiary/aromatic N) is 2. The highest BCUT2D eigenvalue weighted by Crippen LogP contribution is 2.26. The lowest BCUT2D eigenvalue weighted by Crippen LogP contribution is -2.32. The van der Waals surface area contributed by atoms with Crippen LogP contribution < -0.4 is 4.90 Å². The highest BCUT2D eigenvalue weighted by molar-refractivity contribution is 7.13. The second-order valence-electron chi connectivity index (χ2n) is 3.92. The Hall–Kier alpha value is -0.280. The summed E-state index contributed by atoms with van der Waals surface area (Å²) in [6, 6.07) is 0. The predicted octanol–water partition coefficient (Wildman–Crippen LogP) is 3.12. The maximum Gasteiger partial charge on any atom is 0.185 e. The average molecular weight is 231 g/mol. The zero-order valence-corrected chi connectivity index (χ0v) is 9.94. The summed E-state index contributed by atoms with van der Waals surface area (Å²) in [6.07, 6.45) is 2.57. The summed E-state index contributed by atoms with van der Waals surface area (Å²) in [7, 11) is 0. The lowest BCUT2D eigenvalue weighted by Gasteiger charge is -2.29. The molecule has 14 heavy (non-hydrogen) atoms. The van der Waals surface area contributed by atoms with E-state index in [9.17, 15) is 0 Å². The van der Waals surface area contributed by atoms with E-state index in [1.807, 2.05) is 0 Å². The third-order valence-electron chi connectivity index (χ3n) is 2.73. The first-order valence-electron chi connectivity index (χ1n) is 5.05. The smallest absolute Gasteiger partial charge is 0.185 e. The van der Waals surface area contributed by atoms with Crippen LogP contribution in [0, 0.1) is 5.92 Å². The van der Waals surface area contributed by atoms with Crippen LogP contribution in [-0.4, -0.2) is 18.1 Å². The highest BCUT2D eigenvalue weighted by Gasteiger charge is 2.17. The maximum atomic E-state index is 5.73. The second-order valence-corrected chi connectivity index (χ2v) is 5.03. The Morgan fingerprint density at radius 3 is 2.86 bits per heavy atom. The number of rotatable bonds is 2. The number of aromatic nitrogens is 1. The van der Waals surface area contributed by atoms with Gasteiger partial charge in [0.1, 0.15) is 0 Å². The van der Waals surface area contributed by atoms with Crippen molar-refractivity contribution in [1.29, 1.82) is 0 Å². The molecule has 1 aromatic rings. The number of anilines is 1. The predicted molar refractivity (Wildman–Crippen MR) is 62.3 cm³/mol. The molecule has 2 rings (SSSR count). The quantitative estimate of drug-likeness (QED) is 0.726. The molecule has 2 nitrogen and oxygen atoms in total.